The molecular weight excluding hydrogens is 865 g/mol. The van der Waals surface area contributed by atoms with Crippen molar-refractivity contribution in [2.24, 2.45) is 23.7 Å². The Labute approximate surface area is 397 Å². The van der Waals surface area contributed by atoms with Crippen molar-refractivity contribution in [2.45, 2.75) is 176 Å². The fourth-order valence-corrected chi connectivity index (χ4v) is 8.34. The first-order valence-corrected chi connectivity index (χ1v) is 24.1. The van der Waals surface area contributed by atoms with Gasteiger partial charge in [-0.05, 0) is 89.9 Å². The second-order valence-electron chi connectivity index (χ2n) is 18.3. The van der Waals surface area contributed by atoms with Crippen molar-refractivity contribution < 1.29 is 62.2 Å². The molecule has 8 atom stereocenters. The molecule has 2 amide bonds. The van der Waals surface area contributed by atoms with Gasteiger partial charge >= 0.3 is 17.9 Å². The van der Waals surface area contributed by atoms with E-state index >= 15 is 0 Å². The zero-order chi connectivity index (χ0) is 49.6. The summed E-state index contributed by atoms with van der Waals surface area (Å²) < 4.78 is 39.4. The lowest BCUT2D eigenvalue weighted by atomic mass is 9.86. The summed E-state index contributed by atoms with van der Waals surface area (Å²) in [6.45, 7) is 19.2. The average Bonchev–Trinajstić information content (AvgIpc) is 3.36. The molecule has 2 aliphatic heterocycles. The van der Waals surface area contributed by atoms with Crippen LogP contribution in [0.2, 0.25) is 0 Å². The number of carbonyl (C=O) groups excluding carboxylic acids is 5. The fourth-order valence-electron chi connectivity index (χ4n) is 8.34. The van der Waals surface area contributed by atoms with Crippen LogP contribution in [-0.4, -0.2) is 109 Å². The third-order valence-electron chi connectivity index (χ3n) is 12.0. The molecule has 0 aliphatic carbocycles. The standard InChI is InChI=1S/C26H40N2O7.C24H38N2O6/c1-7-15-33-21-10-8-9-20(26(31)34-17(4)19(21)12-11-16(2)3)28-25(30)23-24(35-18(5)29)22(32-6)13-14-27-23;1-6-14-31-19-9-7-8-18(24(29)32-16(4)17(19)11-10-15(2)3)26-23(28)21-22(27)20(30-5)12-13-25-21/h13-14,16-17,19-21H,7-12,15H2,1-6H3,(H,28,30);12-13,15-19,27H,6-11,14H2,1-5H3,(H,26,28)/t17-,19-,20-,21-;16-,17-,18-,19-/m00/s1. The molecule has 17 nitrogen and oxygen atoms in total. The average molecular weight is 943 g/mol. The van der Waals surface area contributed by atoms with Gasteiger partial charge in [-0.25, -0.2) is 19.6 Å². The maximum absolute atomic E-state index is 13.1. The molecule has 0 unspecified atom stereocenters. The first-order valence-electron chi connectivity index (χ1n) is 24.1. The molecule has 376 valence electrons. The molecule has 2 aliphatic rings. The molecule has 2 saturated heterocycles. The number of rotatable bonds is 19. The van der Waals surface area contributed by atoms with E-state index in [1.54, 1.807) is 0 Å². The Bertz CT molecular complexity index is 1880. The molecule has 2 aromatic heterocycles. The van der Waals surface area contributed by atoms with Gasteiger partial charge in [0.05, 0.1) is 26.4 Å². The summed E-state index contributed by atoms with van der Waals surface area (Å²) in [4.78, 5) is 71.4. The number of aromatic nitrogens is 2. The quantitative estimate of drug-likeness (QED) is 0.114. The largest absolute Gasteiger partial charge is 0.503 e. The minimum Gasteiger partial charge on any atom is -0.503 e. The van der Waals surface area contributed by atoms with Gasteiger partial charge in [-0.1, -0.05) is 54.4 Å². The predicted octanol–water partition coefficient (Wildman–Crippen LogP) is 7.93. The van der Waals surface area contributed by atoms with Gasteiger partial charge in [0.2, 0.25) is 5.75 Å². The number of nitrogens with zero attached hydrogens (tertiary/aromatic N) is 2. The molecule has 0 aromatic carbocycles. The number of nitrogens with one attached hydrogen (secondary N) is 2. The summed E-state index contributed by atoms with van der Waals surface area (Å²) in [6.07, 6.45) is 11.5. The molecular formula is C50H78N4O13. The molecule has 2 aromatic rings. The Morgan fingerprint density at radius 1 is 0.716 bits per heavy atom. The first kappa shape index (κ1) is 56.3. The minimum atomic E-state index is -0.862. The molecule has 4 heterocycles. The van der Waals surface area contributed by atoms with Crippen LogP contribution in [-0.2, 0) is 33.3 Å². The minimum absolute atomic E-state index is 0.00930. The highest BCUT2D eigenvalue weighted by molar-refractivity contribution is 5.99. The van der Waals surface area contributed by atoms with Gasteiger partial charge in [-0.15, -0.1) is 0 Å². The van der Waals surface area contributed by atoms with E-state index in [9.17, 15) is 29.1 Å². The normalized spacial score (nSPS) is 23.6. The molecule has 0 bridgehead atoms. The van der Waals surface area contributed by atoms with E-state index < -0.39 is 41.8 Å². The lowest BCUT2D eigenvalue weighted by molar-refractivity contribution is -0.157. The van der Waals surface area contributed by atoms with Crippen LogP contribution < -0.4 is 24.8 Å². The van der Waals surface area contributed by atoms with E-state index in [0.717, 1.165) is 51.4 Å². The molecule has 0 spiro atoms. The third kappa shape index (κ3) is 17.9. The highest BCUT2D eigenvalue weighted by Crippen LogP contribution is 2.33. The summed E-state index contributed by atoms with van der Waals surface area (Å²) in [7, 11) is 2.79. The van der Waals surface area contributed by atoms with Gasteiger partial charge in [0, 0.05) is 56.5 Å². The van der Waals surface area contributed by atoms with Crippen LogP contribution in [0.15, 0.2) is 24.5 Å². The van der Waals surface area contributed by atoms with Gasteiger partial charge in [-0.3, -0.25) is 14.4 Å². The highest BCUT2D eigenvalue weighted by atomic mass is 16.6. The zero-order valence-corrected chi connectivity index (χ0v) is 41.7. The van der Waals surface area contributed by atoms with Gasteiger partial charge < -0.3 is 48.9 Å². The Kier molecular flexibility index (Phi) is 24.4. The lowest BCUT2D eigenvalue weighted by Gasteiger charge is -2.31. The monoisotopic (exact) mass is 943 g/mol. The van der Waals surface area contributed by atoms with Crippen molar-refractivity contribution in [3.63, 3.8) is 0 Å². The zero-order valence-electron chi connectivity index (χ0n) is 41.7. The van der Waals surface area contributed by atoms with Gasteiger partial charge in [0.1, 0.15) is 24.3 Å². The Hall–Kier alpha value is -5.03. The second-order valence-corrected chi connectivity index (χ2v) is 18.3. The number of pyridine rings is 2. The molecule has 2 fully saturated rings. The first-order chi connectivity index (χ1) is 31.9. The Morgan fingerprint density at radius 3 is 1.57 bits per heavy atom. The van der Waals surface area contributed by atoms with E-state index in [1.165, 1.54) is 45.7 Å². The third-order valence-corrected chi connectivity index (χ3v) is 12.0. The maximum atomic E-state index is 13.1. The smallest absolute Gasteiger partial charge is 0.328 e. The van der Waals surface area contributed by atoms with Gasteiger partial charge in [0.25, 0.3) is 11.8 Å². The van der Waals surface area contributed by atoms with Gasteiger partial charge in [0.15, 0.2) is 28.6 Å². The number of amides is 2. The van der Waals surface area contributed by atoms with Crippen LogP contribution in [0.5, 0.6) is 23.0 Å². The molecule has 17 heteroatoms. The van der Waals surface area contributed by atoms with E-state index in [0.29, 0.717) is 50.7 Å². The SMILES string of the molecule is CCCO[C@H]1CCC[C@H](NC(=O)c2nccc(OC)c2O)C(=O)O[C@@H](C)[C@@H]1CCC(C)C.CCCO[C@H]1CCC[C@H](NC(=O)c2nccc(OC)c2OC(C)=O)C(=O)O[C@@H](C)[C@@H]1CCC(C)C. The second kappa shape index (κ2) is 29.0. The molecule has 4 rings (SSSR count). The van der Waals surface area contributed by atoms with Crippen LogP contribution >= 0.6 is 0 Å². The number of esters is 3. The van der Waals surface area contributed by atoms with Crippen molar-refractivity contribution in [3.8, 4) is 23.0 Å². The van der Waals surface area contributed by atoms with E-state index in [4.69, 9.17) is 33.2 Å². The number of hydrogen-bond acceptors (Lipinski definition) is 15. The van der Waals surface area contributed by atoms with Crippen LogP contribution in [0.3, 0.4) is 0 Å². The summed E-state index contributed by atoms with van der Waals surface area (Å²) in [6, 6.07) is 1.25. The van der Waals surface area contributed by atoms with Crippen LogP contribution in [0.1, 0.15) is 160 Å². The maximum Gasteiger partial charge on any atom is 0.328 e. The van der Waals surface area contributed by atoms with E-state index in [2.05, 4.69) is 62.1 Å². The molecule has 0 saturated carbocycles. The summed E-state index contributed by atoms with van der Waals surface area (Å²) in [5.74, 6) is -1.74. The highest BCUT2D eigenvalue weighted by Gasteiger charge is 2.37. The Balaban J connectivity index is 0.000000357. The van der Waals surface area contributed by atoms with Crippen molar-refractivity contribution in [2.75, 3.05) is 27.4 Å². The predicted molar refractivity (Wildman–Crippen MR) is 251 cm³/mol. The number of carbonyl (C=O) groups is 5. The summed E-state index contributed by atoms with van der Waals surface area (Å²) in [5.41, 5.74) is -0.330. The van der Waals surface area contributed by atoms with Crippen molar-refractivity contribution in [1.82, 2.24) is 20.6 Å². The van der Waals surface area contributed by atoms with Crippen molar-refractivity contribution in [3.05, 3.63) is 35.9 Å². The van der Waals surface area contributed by atoms with E-state index in [1.807, 2.05) is 13.8 Å². The number of ether oxygens (including phenoxy) is 7. The van der Waals surface area contributed by atoms with Crippen molar-refractivity contribution >= 4 is 29.7 Å². The van der Waals surface area contributed by atoms with Crippen LogP contribution in [0.25, 0.3) is 0 Å². The molecule has 67 heavy (non-hydrogen) atoms. The summed E-state index contributed by atoms with van der Waals surface area (Å²) >= 11 is 0. The Morgan fingerprint density at radius 2 is 1.15 bits per heavy atom. The van der Waals surface area contributed by atoms with E-state index in [-0.39, 0.29) is 70.6 Å². The lowest BCUT2D eigenvalue weighted by Crippen LogP contribution is -2.44. The number of methoxy groups -OCH3 is 2. The summed E-state index contributed by atoms with van der Waals surface area (Å²) in [5, 5.41) is 15.6. The van der Waals surface area contributed by atoms with Crippen LogP contribution in [0.4, 0.5) is 0 Å². The fraction of sp³-hybridized carbons (Fsp3) is 0.700. The van der Waals surface area contributed by atoms with Crippen molar-refractivity contribution in [1.29, 1.82) is 0 Å². The number of cyclic esters (lactones) is 2. The number of aromatic hydroxyl groups is 1. The topological polar surface area (TPSA) is 220 Å². The molecule has 3 N–H and O–H groups in total. The van der Waals surface area contributed by atoms with Crippen LogP contribution in [0, 0.1) is 23.7 Å². The number of hydrogen-bond donors (Lipinski definition) is 3. The molecule has 0 radical (unpaired) electrons. The van der Waals surface area contributed by atoms with Gasteiger partial charge in [-0.2, -0.15) is 0 Å².